The van der Waals surface area contributed by atoms with Gasteiger partial charge < -0.3 is 20.7 Å². The van der Waals surface area contributed by atoms with Crippen LogP contribution in [0.2, 0.25) is 0 Å². The van der Waals surface area contributed by atoms with E-state index in [1.807, 2.05) is 24.3 Å². The number of rotatable bonds is 7. The van der Waals surface area contributed by atoms with E-state index in [0.717, 1.165) is 16.5 Å². The maximum atomic E-state index is 12.6. The van der Waals surface area contributed by atoms with Crippen molar-refractivity contribution in [3.8, 4) is 0 Å². The molecule has 0 unspecified atom stereocenters. The van der Waals surface area contributed by atoms with Gasteiger partial charge in [0.1, 0.15) is 12.1 Å². The normalized spacial score (nSPS) is 13.4. The standard InChI is InChI=1S/C18H23N3O4/c1-10(2)16(18(24)25)21-17(23)15(20-11(3)22)8-12-9-19-14-7-5-4-6-13(12)14/h4-7,9-10,15-16,19H,8H2,1-3H3,(H,20,22)(H,21,23)(H,24,25)/t15-,16-/m0/s1. The number of hydrogen-bond acceptors (Lipinski definition) is 3. The van der Waals surface area contributed by atoms with Crippen molar-refractivity contribution in [3.05, 3.63) is 36.0 Å². The molecule has 2 aromatic rings. The van der Waals surface area contributed by atoms with Crippen LogP contribution in [-0.4, -0.2) is 40.0 Å². The van der Waals surface area contributed by atoms with Crippen LogP contribution in [0.1, 0.15) is 26.3 Å². The molecule has 1 heterocycles. The van der Waals surface area contributed by atoms with Crippen LogP contribution in [-0.2, 0) is 20.8 Å². The van der Waals surface area contributed by atoms with Crippen LogP contribution in [0.25, 0.3) is 10.9 Å². The molecule has 0 aliphatic rings. The minimum atomic E-state index is -1.10. The first kappa shape index (κ1) is 18.5. The van der Waals surface area contributed by atoms with Crippen molar-refractivity contribution < 1.29 is 19.5 Å². The molecule has 25 heavy (non-hydrogen) atoms. The molecular formula is C18H23N3O4. The number of carbonyl (C=O) groups excluding carboxylic acids is 2. The summed E-state index contributed by atoms with van der Waals surface area (Å²) < 4.78 is 0. The molecule has 0 aliphatic heterocycles. The fourth-order valence-corrected chi connectivity index (χ4v) is 2.74. The summed E-state index contributed by atoms with van der Waals surface area (Å²) in [5, 5.41) is 15.3. The quantitative estimate of drug-likeness (QED) is 0.608. The van der Waals surface area contributed by atoms with Gasteiger partial charge in [-0.25, -0.2) is 4.79 Å². The average molecular weight is 345 g/mol. The first-order valence-corrected chi connectivity index (χ1v) is 8.15. The van der Waals surface area contributed by atoms with Crippen LogP contribution in [0, 0.1) is 5.92 Å². The van der Waals surface area contributed by atoms with Gasteiger partial charge in [0.25, 0.3) is 0 Å². The molecule has 4 N–H and O–H groups in total. The van der Waals surface area contributed by atoms with E-state index in [1.54, 1.807) is 20.0 Å². The molecule has 0 saturated carbocycles. The van der Waals surface area contributed by atoms with E-state index < -0.39 is 24.0 Å². The van der Waals surface area contributed by atoms with Crippen LogP contribution in [0.15, 0.2) is 30.5 Å². The van der Waals surface area contributed by atoms with E-state index in [-0.39, 0.29) is 18.2 Å². The van der Waals surface area contributed by atoms with Gasteiger partial charge in [-0.2, -0.15) is 0 Å². The summed E-state index contributed by atoms with van der Waals surface area (Å²) in [6, 6.07) is 5.79. The topological polar surface area (TPSA) is 111 Å². The molecule has 1 aromatic carbocycles. The Labute approximate surface area is 145 Å². The first-order valence-electron chi connectivity index (χ1n) is 8.15. The third kappa shape index (κ3) is 4.59. The zero-order valence-corrected chi connectivity index (χ0v) is 14.5. The Morgan fingerprint density at radius 1 is 1.16 bits per heavy atom. The number of H-pyrrole nitrogens is 1. The number of nitrogens with one attached hydrogen (secondary N) is 3. The van der Waals surface area contributed by atoms with Crippen molar-refractivity contribution in [1.29, 1.82) is 0 Å². The number of carboxylic acids is 1. The number of amides is 2. The summed E-state index contributed by atoms with van der Waals surface area (Å²) in [6.45, 7) is 4.75. The maximum absolute atomic E-state index is 12.6. The van der Waals surface area contributed by atoms with Crippen LogP contribution < -0.4 is 10.6 Å². The van der Waals surface area contributed by atoms with Crippen LogP contribution in [0.4, 0.5) is 0 Å². The minimum Gasteiger partial charge on any atom is -0.480 e. The van der Waals surface area contributed by atoms with E-state index in [9.17, 15) is 19.5 Å². The number of aromatic nitrogens is 1. The molecule has 0 fully saturated rings. The molecule has 0 aliphatic carbocycles. The summed E-state index contributed by atoms with van der Waals surface area (Å²) in [7, 11) is 0. The molecule has 0 bridgehead atoms. The van der Waals surface area contributed by atoms with Crippen molar-refractivity contribution in [1.82, 2.24) is 15.6 Å². The Kier molecular flexibility index (Phi) is 5.80. The lowest BCUT2D eigenvalue weighted by molar-refractivity contribution is -0.143. The molecule has 2 rings (SSSR count). The largest absolute Gasteiger partial charge is 0.480 e. The Morgan fingerprint density at radius 2 is 1.84 bits per heavy atom. The Hall–Kier alpha value is -2.83. The predicted molar refractivity (Wildman–Crippen MR) is 94.0 cm³/mol. The van der Waals surface area contributed by atoms with Crippen LogP contribution in [0.5, 0.6) is 0 Å². The van der Waals surface area contributed by atoms with E-state index >= 15 is 0 Å². The summed E-state index contributed by atoms with van der Waals surface area (Å²) >= 11 is 0. The molecule has 0 radical (unpaired) electrons. The van der Waals surface area contributed by atoms with Gasteiger partial charge in [0.2, 0.25) is 11.8 Å². The van der Waals surface area contributed by atoms with Crippen molar-refractivity contribution in [2.75, 3.05) is 0 Å². The Balaban J connectivity index is 2.22. The van der Waals surface area contributed by atoms with Gasteiger partial charge in [-0.3, -0.25) is 9.59 Å². The van der Waals surface area contributed by atoms with Crippen LogP contribution >= 0.6 is 0 Å². The van der Waals surface area contributed by atoms with Crippen molar-refractivity contribution >= 4 is 28.7 Å². The second kappa shape index (κ2) is 7.83. The molecule has 0 saturated heterocycles. The van der Waals surface area contributed by atoms with Gasteiger partial charge in [0, 0.05) is 30.4 Å². The third-order valence-electron chi connectivity index (χ3n) is 4.02. The van der Waals surface area contributed by atoms with Crippen LogP contribution in [0.3, 0.4) is 0 Å². The van der Waals surface area contributed by atoms with E-state index in [4.69, 9.17) is 0 Å². The lowest BCUT2D eigenvalue weighted by atomic mass is 10.0. The number of carboxylic acid groups (broad SMARTS) is 1. The van der Waals surface area contributed by atoms with E-state index in [1.165, 1.54) is 6.92 Å². The highest BCUT2D eigenvalue weighted by molar-refractivity contribution is 5.91. The summed E-state index contributed by atoms with van der Waals surface area (Å²) in [4.78, 5) is 38.5. The second-order valence-electron chi connectivity index (χ2n) is 6.39. The molecule has 2 atom stereocenters. The van der Waals surface area contributed by atoms with E-state index in [2.05, 4.69) is 15.6 Å². The van der Waals surface area contributed by atoms with Crippen molar-refractivity contribution in [2.45, 2.75) is 39.3 Å². The maximum Gasteiger partial charge on any atom is 0.326 e. The van der Waals surface area contributed by atoms with Gasteiger partial charge in [-0.05, 0) is 17.5 Å². The van der Waals surface area contributed by atoms with Gasteiger partial charge >= 0.3 is 5.97 Å². The number of hydrogen-bond donors (Lipinski definition) is 4. The molecular weight excluding hydrogens is 322 g/mol. The highest BCUT2D eigenvalue weighted by Gasteiger charge is 2.28. The first-order chi connectivity index (χ1) is 11.8. The van der Waals surface area contributed by atoms with Crippen molar-refractivity contribution in [3.63, 3.8) is 0 Å². The number of carbonyl (C=O) groups is 3. The summed E-state index contributed by atoms with van der Waals surface area (Å²) in [6.07, 6.45) is 2.06. The van der Waals surface area contributed by atoms with Gasteiger partial charge in [0.05, 0.1) is 0 Å². The SMILES string of the molecule is CC(=O)N[C@@H](Cc1c[nH]c2ccccc12)C(=O)N[C@H](C(=O)O)C(C)C. The molecule has 0 spiro atoms. The fraction of sp³-hybridized carbons (Fsp3) is 0.389. The second-order valence-corrected chi connectivity index (χ2v) is 6.39. The van der Waals surface area contributed by atoms with E-state index in [0.29, 0.717) is 0 Å². The summed E-state index contributed by atoms with van der Waals surface area (Å²) in [5.41, 5.74) is 1.81. The highest BCUT2D eigenvalue weighted by atomic mass is 16.4. The zero-order valence-electron chi connectivity index (χ0n) is 14.5. The fourth-order valence-electron chi connectivity index (χ4n) is 2.74. The molecule has 7 heteroatoms. The number of aromatic amines is 1. The lowest BCUT2D eigenvalue weighted by Crippen LogP contribution is -2.53. The smallest absolute Gasteiger partial charge is 0.326 e. The molecule has 7 nitrogen and oxygen atoms in total. The molecule has 134 valence electrons. The number of benzene rings is 1. The van der Waals surface area contributed by atoms with Gasteiger partial charge in [-0.15, -0.1) is 0 Å². The lowest BCUT2D eigenvalue weighted by Gasteiger charge is -2.22. The third-order valence-corrected chi connectivity index (χ3v) is 4.02. The molecule has 1 aromatic heterocycles. The average Bonchev–Trinajstić information content (AvgIpc) is 2.94. The minimum absolute atomic E-state index is 0.264. The predicted octanol–water partition coefficient (Wildman–Crippen LogP) is 1.44. The number of fused-ring (bicyclic) bond motifs is 1. The Morgan fingerprint density at radius 3 is 2.44 bits per heavy atom. The van der Waals surface area contributed by atoms with Crippen molar-refractivity contribution in [2.24, 2.45) is 5.92 Å². The van der Waals surface area contributed by atoms with Gasteiger partial charge in [-0.1, -0.05) is 32.0 Å². The van der Waals surface area contributed by atoms with Gasteiger partial charge in [0.15, 0.2) is 0 Å². The summed E-state index contributed by atoms with van der Waals surface area (Å²) in [5.74, 6) is -2.23. The number of para-hydroxylation sites is 1. The monoisotopic (exact) mass is 345 g/mol. The Bertz CT molecular complexity index is 781. The zero-order chi connectivity index (χ0) is 18.6. The molecule has 2 amide bonds. The highest BCUT2D eigenvalue weighted by Crippen LogP contribution is 2.19. The number of aliphatic carboxylic acids is 1.